The van der Waals surface area contributed by atoms with Gasteiger partial charge in [-0.3, -0.25) is 0 Å². The summed E-state index contributed by atoms with van der Waals surface area (Å²) in [7, 11) is -2.24. The van der Waals surface area contributed by atoms with Crippen LogP contribution in [-0.4, -0.2) is 47.8 Å². The smallest absolute Gasteiger partial charge is 0.184 e. The average molecular weight is 535 g/mol. The van der Waals surface area contributed by atoms with Crippen LogP contribution in [0.3, 0.4) is 0 Å². The summed E-state index contributed by atoms with van der Waals surface area (Å²) < 4.78 is 47.6. The fourth-order valence-electron chi connectivity index (χ4n) is 4.32. The van der Waals surface area contributed by atoms with Crippen LogP contribution in [0.15, 0.2) is 84.0 Å². The van der Waals surface area contributed by atoms with E-state index in [2.05, 4.69) is 20.3 Å². The number of sulfone groups is 1. The highest BCUT2D eigenvalue weighted by Gasteiger charge is 2.29. The monoisotopic (exact) mass is 534 g/mol. The second-order valence-electron chi connectivity index (χ2n) is 9.09. The van der Waals surface area contributed by atoms with E-state index in [-0.39, 0.29) is 28.7 Å². The van der Waals surface area contributed by atoms with E-state index < -0.39 is 21.3 Å². The minimum atomic E-state index is -3.89. The molecule has 0 amide bonds. The molecule has 196 valence electrons. The third-order valence-corrected chi connectivity index (χ3v) is 8.18. The Hall–Kier alpha value is -3.99. The molecule has 0 fully saturated rings. The number of fused-ring (bicyclic) bond motifs is 1. The highest BCUT2D eigenvalue weighted by molar-refractivity contribution is 7.91. The van der Waals surface area contributed by atoms with Crippen LogP contribution in [0.1, 0.15) is 18.2 Å². The number of imidazole rings is 1. The summed E-state index contributed by atoms with van der Waals surface area (Å²) in [5.74, 6) is -0.690. The van der Waals surface area contributed by atoms with Gasteiger partial charge in [0.1, 0.15) is 22.1 Å². The van der Waals surface area contributed by atoms with E-state index >= 15 is 4.39 Å². The lowest BCUT2D eigenvalue weighted by Gasteiger charge is -2.22. The van der Waals surface area contributed by atoms with Crippen LogP contribution in [0.5, 0.6) is 11.5 Å². The first-order valence-corrected chi connectivity index (χ1v) is 13.6. The molecule has 0 radical (unpaired) electrons. The fourth-order valence-corrected chi connectivity index (χ4v) is 5.94. The van der Waals surface area contributed by atoms with Gasteiger partial charge in [0.05, 0.1) is 17.6 Å². The quantitative estimate of drug-likeness (QED) is 0.217. The van der Waals surface area contributed by atoms with Gasteiger partial charge in [-0.2, -0.15) is 0 Å². The van der Waals surface area contributed by atoms with Gasteiger partial charge in [-0.15, -0.1) is 0 Å². The first kappa shape index (κ1) is 25.7. The van der Waals surface area contributed by atoms with Crippen LogP contribution in [0, 0.1) is 5.82 Å². The van der Waals surface area contributed by atoms with E-state index in [1.165, 1.54) is 6.07 Å². The lowest BCUT2D eigenvalue weighted by molar-refractivity contribution is 0.0979. The molecule has 0 saturated carbocycles. The molecule has 8 nitrogen and oxygen atoms in total. The van der Waals surface area contributed by atoms with Crippen molar-refractivity contribution in [2.24, 2.45) is 0 Å². The van der Waals surface area contributed by atoms with Gasteiger partial charge in [0.25, 0.3) is 0 Å². The van der Waals surface area contributed by atoms with Crippen LogP contribution >= 0.6 is 0 Å². The number of nitrogens with zero attached hydrogens (tertiary/aromatic N) is 1. The van der Waals surface area contributed by atoms with Crippen molar-refractivity contribution in [3.8, 4) is 22.9 Å². The summed E-state index contributed by atoms with van der Waals surface area (Å²) in [5.41, 5.74) is 0.870. The molecule has 3 aromatic carbocycles. The number of hydrogen-bond acceptors (Lipinski definition) is 6. The van der Waals surface area contributed by atoms with Crippen molar-refractivity contribution >= 4 is 20.7 Å². The molecular weight excluding hydrogens is 507 g/mol. The number of benzene rings is 3. The number of aromatic amines is 2. The summed E-state index contributed by atoms with van der Waals surface area (Å²) in [6.07, 6.45) is 3.12. The molecule has 0 aliphatic rings. The van der Waals surface area contributed by atoms with E-state index in [0.717, 1.165) is 0 Å². The van der Waals surface area contributed by atoms with Crippen LogP contribution in [0.4, 0.5) is 4.39 Å². The molecule has 10 heteroatoms. The zero-order valence-corrected chi connectivity index (χ0v) is 21.6. The topological polar surface area (TPSA) is 120 Å². The van der Waals surface area contributed by atoms with Crippen molar-refractivity contribution in [3.05, 3.63) is 96.2 Å². The summed E-state index contributed by atoms with van der Waals surface area (Å²) in [6.45, 7) is 1.88. The third-order valence-electron chi connectivity index (χ3n) is 6.41. The van der Waals surface area contributed by atoms with Crippen LogP contribution < -0.4 is 10.1 Å². The van der Waals surface area contributed by atoms with Gasteiger partial charge < -0.3 is 25.1 Å². The Balaban J connectivity index is 1.51. The van der Waals surface area contributed by atoms with Gasteiger partial charge in [0, 0.05) is 35.3 Å². The van der Waals surface area contributed by atoms with Crippen molar-refractivity contribution in [1.29, 1.82) is 0 Å². The predicted octanol–water partition coefficient (Wildman–Crippen LogP) is 4.74. The Morgan fingerprint density at radius 1 is 1.11 bits per heavy atom. The Bertz CT molecular complexity index is 1690. The summed E-state index contributed by atoms with van der Waals surface area (Å²) in [6, 6.07) is 18.7. The molecule has 0 bridgehead atoms. The lowest BCUT2D eigenvalue weighted by Crippen LogP contribution is -2.23. The van der Waals surface area contributed by atoms with Crippen molar-refractivity contribution in [2.75, 3.05) is 19.3 Å². The highest BCUT2D eigenvalue weighted by Crippen LogP contribution is 2.39. The fraction of sp³-hybridized carbons (Fsp3) is 0.179. The number of hydrogen-bond donors (Lipinski definition) is 4. The van der Waals surface area contributed by atoms with E-state index in [9.17, 15) is 13.5 Å². The number of halogens is 1. The minimum Gasteiger partial charge on any atom is -0.453 e. The molecule has 5 rings (SSSR count). The van der Waals surface area contributed by atoms with Gasteiger partial charge in [-0.25, -0.2) is 17.8 Å². The van der Waals surface area contributed by atoms with Crippen molar-refractivity contribution in [1.82, 2.24) is 20.3 Å². The zero-order chi connectivity index (χ0) is 26.9. The summed E-state index contributed by atoms with van der Waals surface area (Å²) in [5, 5.41) is 14.3. The first-order chi connectivity index (χ1) is 18.2. The molecule has 1 atom stereocenters. The minimum absolute atomic E-state index is 0.200. The maximum absolute atomic E-state index is 15.2. The summed E-state index contributed by atoms with van der Waals surface area (Å²) >= 11 is 0. The highest BCUT2D eigenvalue weighted by atomic mass is 32.2. The zero-order valence-electron chi connectivity index (χ0n) is 20.8. The van der Waals surface area contributed by atoms with E-state index in [4.69, 9.17) is 4.74 Å². The lowest BCUT2D eigenvalue weighted by atomic mass is 9.93. The third kappa shape index (κ3) is 4.81. The average Bonchev–Trinajstić information content (AvgIpc) is 3.59. The number of H-pyrrole nitrogens is 2. The van der Waals surface area contributed by atoms with Gasteiger partial charge in [-0.05, 0) is 37.7 Å². The molecule has 2 aromatic heterocycles. The number of aliphatic hydroxyl groups is 1. The molecule has 0 aliphatic heterocycles. The van der Waals surface area contributed by atoms with Crippen molar-refractivity contribution < 1.29 is 22.7 Å². The Morgan fingerprint density at radius 2 is 1.89 bits per heavy atom. The molecule has 0 aliphatic carbocycles. The normalized spacial score (nSPS) is 13.5. The van der Waals surface area contributed by atoms with Gasteiger partial charge in [-0.1, -0.05) is 42.5 Å². The van der Waals surface area contributed by atoms with Crippen LogP contribution in [-0.2, 0) is 15.4 Å². The molecule has 2 heterocycles. The largest absolute Gasteiger partial charge is 0.453 e. The SMILES string of the molecule is CNCCS(=O)(=O)c1c(Oc2cccc(-c3ncc(C(C)(O)c4ccccc4)[nH]3)c2)c(F)cc2[nH]ccc12. The van der Waals surface area contributed by atoms with Crippen LogP contribution in [0.2, 0.25) is 0 Å². The molecular formula is C28H27FN4O4S. The van der Waals surface area contributed by atoms with E-state index in [0.29, 0.717) is 33.5 Å². The molecule has 38 heavy (non-hydrogen) atoms. The van der Waals surface area contributed by atoms with E-state index in [1.54, 1.807) is 56.7 Å². The second kappa shape index (κ2) is 10.1. The van der Waals surface area contributed by atoms with Crippen molar-refractivity contribution in [3.63, 3.8) is 0 Å². The molecule has 5 aromatic rings. The second-order valence-corrected chi connectivity index (χ2v) is 11.1. The standard InChI is InChI=1S/C28H27FN4O4S/c1-28(34,19-8-4-3-5-9-19)24-17-32-27(33-24)18-7-6-10-20(15-18)37-25-22(29)16-23-21(11-12-31-23)26(25)38(35,36)14-13-30-2/h3-12,15-17,30-31,34H,13-14H2,1-2H3,(H,32,33). The predicted molar refractivity (Wildman–Crippen MR) is 143 cm³/mol. The maximum Gasteiger partial charge on any atom is 0.184 e. The maximum atomic E-state index is 15.2. The van der Waals surface area contributed by atoms with E-state index in [1.807, 2.05) is 30.3 Å². The van der Waals surface area contributed by atoms with Crippen molar-refractivity contribution in [2.45, 2.75) is 17.4 Å². The molecule has 0 saturated heterocycles. The number of aromatic nitrogens is 3. The summed E-state index contributed by atoms with van der Waals surface area (Å²) in [4.78, 5) is 10.2. The van der Waals surface area contributed by atoms with Gasteiger partial charge >= 0.3 is 0 Å². The molecule has 0 spiro atoms. The Morgan fingerprint density at radius 3 is 2.66 bits per heavy atom. The Kier molecular flexibility index (Phi) is 6.78. The molecule has 4 N–H and O–H groups in total. The first-order valence-electron chi connectivity index (χ1n) is 12.0. The van der Waals surface area contributed by atoms with Crippen LogP contribution in [0.25, 0.3) is 22.3 Å². The molecule has 1 unspecified atom stereocenters. The number of ether oxygens (including phenoxy) is 1. The van der Waals surface area contributed by atoms with Gasteiger partial charge in [0.2, 0.25) is 0 Å². The van der Waals surface area contributed by atoms with Gasteiger partial charge in [0.15, 0.2) is 21.4 Å². The Labute approximate surface area is 219 Å². The number of nitrogens with one attached hydrogen (secondary N) is 3. The number of rotatable bonds is 9.